The van der Waals surface area contributed by atoms with E-state index in [0.717, 1.165) is 18.9 Å². The first kappa shape index (κ1) is 18.7. The van der Waals surface area contributed by atoms with Gasteiger partial charge in [0.05, 0.1) is 16.1 Å². The molecule has 2 aromatic carbocycles. The molecule has 1 fully saturated rings. The number of nitrogens with zero attached hydrogens (tertiary/aromatic N) is 1. The molecule has 0 spiro atoms. The van der Waals surface area contributed by atoms with Gasteiger partial charge < -0.3 is 4.90 Å². The number of amides is 1. The Morgan fingerprint density at radius 2 is 1.85 bits per heavy atom. The molecule has 2 aromatic rings. The van der Waals surface area contributed by atoms with Crippen LogP contribution in [0, 0.1) is 12.7 Å². The van der Waals surface area contributed by atoms with Gasteiger partial charge >= 0.3 is 0 Å². The maximum atomic E-state index is 13.7. The van der Waals surface area contributed by atoms with Crippen molar-refractivity contribution in [2.24, 2.45) is 0 Å². The first-order valence-corrected chi connectivity index (χ1v) is 10.0. The number of rotatable bonds is 4. The van der Waals surface area contributed by atoms with E-state index in [4.69, 9.17) is 11.6 Å². The Morgan fingerprint density at radius 1 is 1.15 bits per heavy atom. The normalized spacial score (nSPS) is 14.5. The molecule has 1 amide bonds. The quantitative estimate of drug-likeness (QED) is 0.854. The predicted octanol–water partition coefficient (Wildman–Crippen LogP) is 3.82. The number of nitrogens with one attached hydrogen (secondary N) is 1. The molecule has 1 aliphatic heterocycles. The molecule has 1 heterocycles. The van der Waals surface area contributed by atoms with Crippen LogP contribution in [0.4, 0.5) is 10.1 Å². The number of carbonyl (C=O) groups excluding carboxylic acids is 1. The highest BCUT2D eigenvalue weighted by atomic mass is 35.5. The number of halogens is 2. The predicted molar refractivity (Wildman–Crippen MR) is 98.5 cm³/mol. The number of benzene rings is 2. The summed E-state index contributed by atoms with van der Waals surface area (Å²) in [6, 6.07) is 8.04. The number of carbonyl (C=O) groups is 1. The molecule has 0 aromatic heterocycles. The Hall–Kier alpha value is -2.12. The van der Waals surface area contributed by atoms with Crippen molar-refractivity contribution < 1.29 is 17.6 Å². The van der Waals surface area contributed by atoms with Crippen molar-refractivity contribution in [2.45, 2.75) is 24.7 Å². The minimum absolute atomic E-state index is 0.118. The monoisotopic (exact) mass is 396 g/mol. The topological polar surface area (TPSA) is 66.5 Å². The van der Waals surface area contributed by atoms with E-state index in [-0.39, 0.29) is 22.1 Å². The lowest BCUT2D eigenvalue weighted by atomic mass is 10.1. The summed E-state index contributed by atoms with van der Waals surface area (Å²) in [4.78, 5) is 14.2. The number of hydrogen-bond donors (Lipinski definition) is 1. The summed E-state index contributed by atoms with van der Waals surface area (Å²) < 4.78 is 41.3. The summed E-state index contributed by atoms with van der Waals surface area (Å²) in [5.74, 6) is -0.893. The van der Waals surface area contributed by atoms with Gasteiger partial charge in [-0.05, 0) is 55.7 Å². The fraction of sp³-hybridized carbons (Fsp3) is 0.278. The summed E-state index contributed by atoms with van der Waals surface area (Å²) in [7, 11) is -4.05. The summed E-state index contributed by atoms with van der Waals surface area (Å²) in [6.45, 7) is 2.80. The molecule has 138 valence electrons. The maximum absolute atomic E-state index is 13.7. The van der Waals surface area contributed by atoms with Gasteiger partial charge in [-0.1, -0.05) is 17.7 Å². The molecule has 0 unspecified atom stereocenters. The number of likely N-dealkylation sites (tertiary alicyclic amines) is 1. The van der Waals surface area contributed by atoms with E-state index >= 15 is 0 Å². The van der Waals surface area contributed by atoms with Crippen LogP contribution in [0.25, 0.3) is 0 Å². The van der Waals surface area contributed by atoms with E-state index < -0.39 is 15.8 Å². The molecular formula is C18H18ClFN2O3S. The van der Waals surface area contributed by atoms with Crippen molar-refractivity contribution in [1.29, 1.82) is 0 Å². The number of hydrogen-bond acceptors (Lipinski definition) is 3. The average molecular weight is 397 g/mol. The summed E-state index contributed by atoms with van der Waals surface area (Å²) >= 11 is 6.00. The molecule has 1 aliphatic rings. The van der Waals surface area contributed by atoms with Gasteiger partial charge in [0.2, 0.25) is 0 Å². The Bertz CT molecular complexity index is 957. The van der Waals surface area contributed by atoms with E-state index in [2.05, 4.69) is 4.72 Å². The fourth-order valence-corrected chi connectivity index (χ4v) is 4.08. The van der Waals surface area contributed by atoms with Crippen LogP contribution in [0.1, 0.15) is 28.8 Å². The van der Waals surface area contributed by atoms with Crippen LogP contribution in [0.3, 0.4) is 0 Å². The van der Waals surface area contributed by atoms with Gasteiger partial charge in [-0.3, -0.25) is 9.52 Å². The third-order valence-corrected chi connectivity index (χ3v) is 5.90. The van der Waals surface area contributed by atoms with Crippen molar-refractivity contribution in [3.05, 3.63) is 58.4 Å². The Balaban J connectivity index is 1.96. The fourth-order valence-electron chi connectivity index (χ4n) is 2.82. The molecule has 1 N–H and O–H groups in total. The Kier molecular flexibility index (Phi) is 5.20. The lowest BCUT2D eigenvalue weighted by Gasteiger charge is -2.18. The van der Waals surface area contributed by atoms with Crippen LogP contribution >= 0.6 is 11.6 Å². The molecule has 26 heavy (non-hydrogen) atoms. The van der Waals surface area contributed by atoms with Gasteiger partial charge in [0, 0.05) is 18.1 Å². The number of sulfonamides is 1. The molecule has 0 aliphatic carbocycles. The maximum Gasteiger partial charge on any atom is 0.262 e. The van der Waals surface area contributed by atoms with Gasteiger partial charge in [0.15, 0.2) is 0 Å². The molecule has 8 heteroatoms. The van der Waals surface area contributed by atoms with Crippen LogP contribution < -0.4 is 4.72 Å². The smallest absolute Gasteiger partial charge is 0.262 e. The molecule has 5 nitrogen and oxygen atoms in total. The van der Waals surface area contributed by atoms with Crippen molar-refractivity contribution >= 4 is 33.2 Å². The SMILES string of the molecule is Cc1ccc(S(=O)(=O)Nc2ccc(Cl)cc2C(=O)N2CCCC2)cc1F. The summed E-state index contributed by atoms with van der Waals surface area (Å²) in [5, 5.41) is 0.330. The molecule has 0 saturated carbocycles. The summed E-state index contributed by atoms with van der Waals surface area (Å²) in [5.41, 5.74) is 0.642. The van der Waals surface area contributed by atoms with Crippen molar-refractivity contribution in [1.82, 2.24) is 4.90 Å². The number of aryl methyl sites for hydroxylation is 1. The minimum Gasteiger partial charge on any atom is -0.339 e. The highest BCUT2D eigenvalue weighted by molar-refractivity contribution is 7.92. The van der Waals surface area contributed by atoms with Crippen molar-refractivity contribution in [3.8, 4) is 0 Å². The van der Waals surface area contributed by atoms with Gasteiger partial charge in [0.1, 0.15) is 5.82 Å². The largest absolute Gasteiger partial charge is 0.339 e. The molecule has 0 atom stereocenters. The van der Waals surface area contributed by atoms with E-state index in [9.17, 15) is 17.6 Å². The van der Waals surface area contributed by atoms with Crippen LogP contribution in [-0.4, -0.2) is 32.3 Å². The second-order valence-corrected chi connectivity index (χ2v) is 8.32. The summed E-state index contributed by atoms with van der Waals surface area (Å²) in [6.07, 6.45) is 1.83. The third kappa shape index (κ3) is 3.83. The van der Waals surface area contributed by atoms with E-state index in [1.54, 1.807) is 11.8 Å². The zero-order valence-corrected chi connectivity index (χ0v) is 15.7. The van der Waals surface area contributed by atoms with E-state index in [1.165, 1.54) is 30.3 Å². The zero-order chi connectivity index (χ0) is 18.9. The van der Waals surface area contributed by atoms with Crippen LogP contribution in [-0.2, 0) is 10.0 Å². The Labute approximate surface area is 156 Å². The van der Waals surface area contributed by atoms with Gasteiger partial charge in [0.25, 0.3) is 15.9 Å². The number of anilines is 1. The average Bonchev–Trinajstić information content (AvgIpc) is 3.12. The molecule has 3 rings (SSSR count). The van der Waals surface area contributed by atoms with Gasteiger partial charge in [-0.25, -0.2) is 12.8 Å². The molecular weight excluding hydrogens is 379 g/mol. The highest BCUT2D eigenvalue weighted by Crippen LogP contribution is 2.26. The van der Waals surface area contributed by atoms with E-state index in [1.807, 2.05) is 0 Å². The van der Waals surface area contributed by atoms with Crippen LogP contribution in [0.2, 0.25) is 5.02 Å². The molecule has 0 bridgehead atoms. The van der Waals surface area contributed by atoms with Crippen LogP contribution in [0.5, 0.6) is 0 Å². The van der Waals surface area contributed by atoms with Crippen molar-refractivity contribution in [2.75, 3.05) is 17.8 Å². The van der Waals surface area contributed by atoms with Gasteiger partial charge in [-0.15, -0.1) is 0 Å². The second-order valence-electron chi connectivity index (χ2n) is 6.21. The standard InChI is InChI=1S/C18H18ClFN2O3S/c1-12-4-6-14(11-16(12)20)26(24,25)21-17-7-5-13(19)10-15(17)18(23)22-8-2-3-9-22/h4-7,10-11,21H,2-3,8-9H2,1H3. The molecule has 0 radical (unpaired) electrons. The lowest BCUT2D eigenvalue weighted by molar-refractivity contribution is 0.0794. The minimum atomic E-state index is -4.05. The van der Waals surface area contributed by atoms with E-state index in [0.29, 0.717) is 23.7 Å². The Morgan fingerprint density at radius 3 is 2.50 bits per heavy atom. The zero-order valence-electron chi connectivity index (χ0n) is 14.1. The second kappa shape index (κ2) is 7.25. The highest BCUT2D eigenvalue weighted by Gasteiger charge is 2.25. The lowest BCUT2D eigenvalue weighted by Crippen LogP contribution is -2.29. The van der Waals surface area contributed by atoms with Crippen LogP contribution in [0.15, 0.2) is 41.3 Å². The third-order valence-electron chi connectivity index (χ3n) is 4.30. The first-order valence-electron chi connectivity index (χ1n) is 8.16. The van der Waals surface area contributed by atoms with Crippen molar-refractivity contribution in [3.63, 3.8) is 0 Å². The molecule has 1 saturated heterocycles. The first-order chi connectivity index (χ1) is 12.3. The van der Waals surface area contributed by atoms with Gasteiger partial charge in [-0.2, -0.15) is 0 Å².